The normalized spacial score (nSPS) is 14.9. The van der Waals surface area contributed by atoms with Gasteiger partial charge < -0.3 is 0 Å². The van der Waals surface area contributed by atoms with Crippen LogP contribution in [0.25, 0.3) is 11.5 Å². The first-order valence-electron chi connectivity index (χ1n) is 5.28. The first-order valence-corrected chi connectivity index (χ1v) is 5.28. The molecule has 2 aromatic rings. The molecule has 4 heteroatoms. The third kappa shape index (κ3) is 1.52. The minimum atomic E-state index is 0.757. The zero-order chi connectivity index (χ0) is 10.1. The second-order valence-electron chi connectivity index (χ2n) is 3.75. The van der Waals surface area contributed by atoms with Gasteiger partial charge >= 0.3 is 0 Å². The highest BCUT2D eigenvalue weighted by Gasteiger charge is 2.14. The third-order valence-electron chi connectivity index (χ3n) is 2.66. The van der Waals surface area contributed by atoms with E-state index >= 15 is 0 Å². The number of nitrogens with zero attached hydrogens (tertiary/aromatic N) is 4. The van der Waals surface area contributed by atoms with Gasteiger partial charge in [0, 0.05) is 19.2 Å². The highest BCUT2D eigenvalue weighted by molar-refractivity contribution is 5.47. The molecule has 1 aliphatic rings. The van der Waals surface area contributed by atoms with Gasteiger partial charge in [-0.2, -0.15) is 0 Å². The van der Waals surface area contributed by atoms with Crippen LogP contribution in [-0.2, 0) is 13.0 Å². The van der Waals surface area contributed by atoms with E-state index in [1.807, 2.05) is 22.9 Å². The van der Waals surface area contributed by atoms with Crippen molar-refractivity contribution in [2.45, 2.75) is 25.8 Å². The van der Waals surface area contributed by atoms with E-state index in [0.29, 0.717) is 0 Å². The summed E-state index contributed by atoms with van der Waals surface area (Å²) in [5.74, 6) is 1.86. The van der Waals surface area contributed by atoms with Crippen LogP contribution < -0.4 is 0 Å². The predicted molar refractivity (Wildman–Crippen MR) is 56.2 cm³/mol. The minimum Gasteiger partial charge on any atom is -0.253 e. The van der Waals surface area contributed by atoms with Crippen molar-refractivity contribution in [1.82, 2.24) is 19.7 Å². The van der Waals surface area contributed by atoms with Crippen molar-refractivity contribution < 1.29 is 0 Å². The topological polar surface area (TPSA) is 43.6 Å². The lowest BCUT2D eigenvalue weighted by Gasteiger charge is -2.09. The Morgan fingerprint density at radius 1 is 1.20 bits per heavy atom. The van der Waals surface area contributed by atoms with Gasteiger partial charge in [0.15, 0.2) is 5.82 Å². The lowest BCUT2D eigenvalue weighted by Crippen LogP contribution is -2.11. The summed E-state index contributed by atoms with van der Waals surface area (Å²) >= 11 is 0. The molecule has 1 aliphatic heterocycles. The molecule has 0 saturated heterocycles. The van der Waals surface area contributed by atoms with Gasteiger partial charge in [-0.1, -0.05) is 6.07 Å². The molecular weight excluding hydrogens is 188 g/mol. The molecule has 0 radical (unpaired) electrons. The Bertz CT molecular complexity index is 437. The van der Waals surface area contributed by atoms with E-state index in [0.717, 1.165) is 30.3 Å². The van der Waals surface area contributed by atoms with Crippen molar-refractivity contribution in [2.75, 3.05) is 0 Å². The Labute approximate surface area is 88.0 Å². The van der Waals surface area contributed by atoms with Crippen molar-refractivity contribution in [2.24, 2.45) is 0 Å². The van der Waals surface area contributed by atoms with Crippen LogP contribution >= 0.6 is 0 Å². The van der Waals surface area contributed by atoms with Crippen LogP contribution in [0.5, 0.6) is 0 Å². The lowest BCUT2D eigenvalue weighted by molar-refractivity contribution is 0.480. The van der Waals surface area contributed by atoms with Crippen molar-refractivity contribution in [1.29, 1.82) is 0 Å². The van der Waals surface area contributed by atoms with Crippen molar-refractivity contribution >= 4 is 0 Å². The number of hydrogen-bond donors (Lipinski definition) is 0. The first-order chi connectivity index (χ1) is 7.43. The molecule has 0 unspecified atom stereocenters. The van der Waals surface area contributed by atoms with Crippen LogP contribution in [0.1, 0.15) is 18.7 Å². The smallest absolute Gasteiger partial charge is 0.200 e. The summed E-state index contributed by atoms with van der Waals surface area (Å²) in [5.41, 5.74) is 0.861. The van der Waals surface area contributed by atoms with E-state index < -0.39 is 0 Å². The van der Waals surface area contributed by atoms with Gasteiger partial charge in [0.05, 0.1) is 0 Å². The molecule has 0 spiro atoms. The fraction of sp³-hybridized carbons (Fsp3) is 0.364. The van der Waals surface area contributed by atoms with Crippen molar-refractivity contribution in [3.8, 4) is 11.5 Å². The Hall–Kier alpha value is -1.71. The number of aryl methyl sites for hydroxylation is 2. The van der Waals surface area contributed by atoms with E-state index in [9.17, 15) is 0 Å². The van der Waals surface area contributed by atoms with E-state index in [4.69, 9.17) is 0 Å². The van der Waals surface area contributed by atoms with E-state index in [2.05, 4.69) is 15.1 Å². The molecule has 0 aromatic carbocycles. The quantitative estimate of drug-likeness (QED) is 0.703. The van der Waals surface area contributed by atoms with Gasteiger partial charge in [0.2, 0.25) is 0 Å². The third-order valence-corrected chi connectivity index (χ3v) is 2.66. The van der Waals surface area contributed by atoms with Crippen LogP contribution in [0.4, 0.5) is 0 Å². The molecule has 0 saturated carbocycles. The van der Waals surface area contributed by atoms with Crippen LogP contribution in [-0.4, -0.2) is 19.7 Å². The molecule has 3 heterocycles. The minimum absolute atomic E-state index is 0.757. The molecule has 4 nitrogen and oxygen atoms in total. The maximum atomic E-state index is 4.51. The summed E-state index contributed by atoms with van der Waals surface area (Å²) in [6, 6.07) is 5.81. The largest absolute Gasteiger partial charge is 0.253 e. The van der Waals surface area contributed by atoms with Gasteiger partial charge in [-0.05, 0) is 25.0 Å². The second kappa shape index (κ2) is 3.46. The number of fused-ring (bicyclic) bond motifs is 1. The molecule has 0 bridgehead atoms. The zero-order valence-electron chi connectivity index (χ0n) is 8.43. The fourth-order valence-corrected chi connectivity index (χ4v) is 1.89. The van der Waals surface area contributed by atoms with Gasteiger partial charge in [0.25, 0.3) is 0 Å². The Morgan fingerprint density at radius 3 is 3.00 bits per heavy atom. The second-order valence-corrected chi connectivity index (χ2v) is 3.75. The molecule has 76 valence electrons. The molecule has 3 rings (SSSR count). The summed E-state index contributed by atoms with van der Waals surface area (Å²) < 4.78 is 2.01. The summed E-state index contributed by atoms with van der Waals surface area (Å²) in [6.07, 6.45) is 5.24. The number of hydrogen-bond acceptors (Lipinski definition) is 3. The van der Waals surface area contributed by atoms with E-state index in [-0.39, 0.29) is 0 Å². The summed E-state index contributed by atoms with van der Waals surface area (Å²) in [4.78, 5) is 8.76. The molecule has 0 atom stereocenters. The highest BCUT2D eigenvalue weighted by atomic mass is 15.4. The predicted octanol–water partition coefficient (Wildman–Crippen LogP) is 1.68. The molecule has 2 aromatic heterocycles. The van der Waals surface area contributed by atoms with E-state index in [1.165, 1.54) is 12.8 Å². The number of rotatable bonds is 1. The van der Waals surface area contributed by atoms with Crippen LogP contribution in [0, 0.1) is 0 Å². The van der Waals surface area contributed by atoms with Gasteiger partial charge in [0.1, 0.15) is 11.5 Å². The fourth-order valence-electron chi connectivity index (χ4n) is 1.89. The molecule has 0 fully saturated rings. The highest BCUT2D eigenvalue weighted by Crippen LogP contribution is 2.17. The van der Waals surface area contributed by atoms with Crippen molar-refractivity contribution in [3.63, 3.8) is 0 Å². The summed E-state index contributed by atoms with van der Waals surface area (Å²) in [6.45, 7) is 0.995. The van der Waals surface area contributed by atoms with Crippen LogP contribution in [0.15, 0.2) is 24.4 Å². The van der Waals surface area contributed by atoms with Gasteiger partial charge in [-0.25, -0.2) is 9.67 Å². The Balaban J connectivity index is 2.03. The van der Waals surface area contributed by atoms with Gasteiger partial charge in [-0.3, -0.25) is 4.98 Å². The summed E-state index contributed by atoms with van der Waals surface area (Å²) in [7, 11) is 0. The Kier molecular flexibility index (Phi) is 1.98. The number of pyridine rings is 1. The molecule has 0 N–H and O–H groups in total. The Morgan fingerprint density at radius 2 is 2.20 bits per heavy atom. The maximum Gasteiger partial charge on any atom is 0.200 e. The lowest BCUT2D eigenvalue weighted by atomic mass is 10.2. The molecule has 0 aliphatic carbocycles. The maximum absolute atomic E-state index is 4.51. The first kappa shape index (κ1) is 8.59. The molecule has 0 amide bonds. The van der Waals surface area contributed by atoms with Crippen molar-refractivity contribution in [3.05, 3.63) is 30.2 Å². The van der Waals surface area contributed by atoms with Crippen LogP contribution in [0.2, 0.25) is 0 Å². The van der Waals surface area contributed by atoms with Gasteiger partial charge in [-0.15, -0.1) is 5.10 Å². The molecule has 15 heavy (non-hydrogen) atoms. The van der Waals surface area contributed by atoms with E-state index in [1.54, 1.807) is 6.20 Å². The summed E-state index contributed by atoms with van der Waals surface area (Å²) in [5, 5.41) is 4.46. The average Bonchev–Trinajstić information content (AvgIpc) is 2.74. The number of aromatic nitrogens is 4. The SMILES string of the molecule is c1ccc(-c2nc3n(n2)CCCC3)nc1. The molecular formula is C11H12N4. The van der Waals surface area contributed by atoms with Crippen LogP contribution in [0.3, 0.4) is 0 Å². The zero-order valence-corrected chi connectivity index (χ0v) is 8.43. The average molecular weight is 200 g/mol. The standard InChI is InChI=1S/C11H12N4/c1-3-7-12-9(5-1)11-13-10-6-2-4-8-15(10)14-11/h1,3,5,7H,2,4,6,8H2. The monoisotopic (exact) mass is 200 g/mol.